The van der Waals surface area contributed by atoms with E-state index in [4.69, 9.17) is 10.5 Å². The van der Waals surface area contributed by atoms with Crippen LogP contribution in [0.4, 0.5) is 27.7 Å². The molecule has 2 amide bonds. The molecule has 1 fully saturated rings. The van der Waals surface area contributed by atoms with Crippen LogP contribution in [0.3, 0.4) is 0 Å². The predicted molar refractivity (Wildman–Crippen MR) is 159 cm³/mol. The van der Waals surface area contributed by atoms with Gasteiger partial charge in [0, 0.05) is 57.1 Å². The van der Waals surface area contributed by atoms with E-state index < -0.39 is 5.60 Å². The van der Waals surface area contributed by atoms with Gasteiger partial charge in [0.1, 0.15) is 11.4 Å². The van der Waals surface area contributed by atoms with E-state index in [1.807, 2.05) is 38.7 Å². The number of carbonyl (C=O) groups excluding carboxylic acids is 2. The van der Waals surface area contributed by atoms with Crippen LogP contribution in [0, 0.1) is 5.92 Å². The molecule has 2 atom stereocenters. The summed E-state index contributed by atoms with van der Waals surface area (Å²) in [7, 11) is 0. The molecule has 214 valence electrons. The third-order valence-corrected chi connectivity index (χ3v) is 7.07. The van der Waals surface area contributed by atoms with Gasteiger partial charge in [-0.1, -0.05) is 13.8 Å². The van der Waals surface area contributed by atoms with E-state index >= 15 is 0 Å². The fraction of sp³-hybridized carbons (Fsp3) is 0.567. The molecule has 3 N–H and O–H groups in total. The molecule has 3 heterocycles. The molecule has 0 radical (unpaired) electrons. The molecule has 2 aromatic rings. The van der Waals surface area contributed by atoms with E-state index in [2.05, 4.69) is 47.2 Å². The van der Waals surface area contributed by atoms with Crippen molar-refractivity contribution in [1.82, 2.24) is 9.88 Å². The highest BCUT2D eigenvalue weighted by atomic mass is 16.6. The number of hydrogen-bond acceptors (Lipinski definition) is 7. The van der Waals surface area contributed by atoms with Gasteiger partial charge in [-0.25, -0.2) is 9.78 Å². The van der Waals surface area contributed by atoms with E-state index in [9.17, 15) is 9.59 Å². The molecule has 2 aliphatic rings. The fourth-order valence-electron chi connectivity index (χ4n) is 5.26. The molecule has 4 rings (SSSR count). The number of pyridine rings is 1. The molecule has 1 aromatic carbocycles. The van der Waals surface area contributed by atoms with E-state index in [-0.39, 0.29) is 18.0 Å². The third-order valence-electron chi connectivity index (χ3n) is 7.07. The van der Waals surface area contributed by atoms with E-state index in [0.717, 1.165) is 43.9 Å². The molecule has 9 heteroatoms. The first-order valence-electron chi connectivity index (χ1n) is 14.0. The van der Waals surface area contributed by atoms with Crippen molar-refractivity contribution in [3.05, 3.63) is 42.1 Å². The standard InChI is InChI=1S/C23H35N3O3.C7H11N3/c1-7-20-16(2)14-18-15-19(8-9-21(18)26(20)17(3)27)24-10-12-25(13-11-24)22(28)29-23(4,5)6;1-2-9-6-3-4-7(8)10-5-6/h8-9,15-16,20H,7,10-14H2,1-6H3;3-5,9H,2H2,1H3,(H2,8,10)/t16?,20-;/m0./s1. The van der Waals surface area contributed by atoms with Crippen molar-refractivity contribution < 1.29 is 14.3 Å². The average molecular weight is 539 g/mol. The average Bonchev–Trinajstić information content (AvgIpc) is 2.88. The maximum absolute atomic E-state index is 12.3. The van der Waals surface area contributed by atoms with Gasteiger partial charge >= 0.3 is 6.09 Å². The lowest BCUT2D eigenvalue weighted by molar-refractivity contribution is -0.117. The minimum atomic E-state index is -0.470. The molecule has 39 heavy (non-hydrogen) atoms. The first kappa shape index (κ1) is 30.1. The maximum Gasteiger partial charge on any atom is 0.410 e. The van der Waals surface area contributed by atoms with Crippen LogP contribution in [0.15, 0.2) is 36.5 Å². The Morgan fingerprint density at radius 2 is 1.79 bits per heavy atom. The normalized spacial score (nSPS) is 19.0. The summed E-state index contributed by atoms with van der Waals surface area (Å²) in [6, 6.07) is 10.4. The SMILES string of the molecule is CCNc1ccc(N)nc1.CC[C@H]1C(C)Cc2cc(N3CCN(C(=O)OC(C)(C)C)CC3)ccc2N1C(C)=O. The number of anilines is 4. The number of piperazine rings is 1. The Morgan fingerprint density at radius 3 is 2.33 bits per heavy atom. The third kappa shape index (κ3) is 8.00. The number of hydrogen-bond donors (Lipinski definition) is 2. The molecule has 0 spiro atoms. The summed E-state index contributed by atoms with van der Waals surface area (Å²) >= 11 is 0. The zero-order valence-electron chi connectivity index (χ0n) is 24.7. The second-order valence-corrected chi connectivity index (χ2v) is 11.3. The number of aromatic nitrogens is 1. The van der Waals surface area contributed by atoms with Gasteiger partial charge in [0.05, 0.1) is 11.9 Å². The monoisotopic (exact) mass is 538 g/mol. The number of ether oxygens (including phenoxy) is 1. The quantitative estimate of drug-likeness (QED) is 0.554. The van der Waals surface area contributed by atoms with Gasteiger partial charge in [-0.2, -0.15) is 0 Å². The van der Waals surface area contributed by atoms with Crippen molar-refractivity contribution in [2.75, 3.05) is 53.6 Å². The number of rotatable bonds is 4. The van der Waals surface area contributed by atoms with Crippen LogP contribution < -0.4 is 20.9 Å². The van der Waals surface area contributed by atoms with Crippen LogP contribution in [-0.4, -0.2) is 66.3 Å². The van der Waals surface area contributed by atoms with Crippen molar-refractivity contribution in [2.45, 2.75) is 73.0 Å². The number of carbonyl (C=O) groups is 2. The summed E-state index contributed by atoms with van der Waals surface area (Å²) in [6.07, 6.45) is 3.44. The van der Waals surface area contributed by atoms with Gasteiger partial charge in [-0.15, -0.1) is 0 Å². The molecular weight excluding hydrogens is 492 g/mol. The molecule has 2 aliphatic heterocycles. The molecule has 0 saturated carbocycles. The molecule has 0 bridgehead atoms. The molecular formula is C30H46N6O3. The Kier molecular flexibility index (Phi) is 10.1. The summed E-state index contributed by atoms with van der Waals surface area (Å²) in [5, 5.41) is 3.12. The first-order valence-corrected chi connectivity index (χ1v) is 14.0. The first-order chi connectivity index (χ1) is 18.4. The predicted octanol–water partition coefficient (Wildman–Crippen LogP) is 5.16. The van der Waals surface area contributed by atoms with Crippen LogP contribution in [0.1, 0.15) is 60.5 Å². The van der Waals surface area contributed by atoms with Crippen LogP contribution in [-0.2, 0) is 16.0 Å². The van der Waals surface area contributed by atoms with Crippen molar-refractivity contribution >= 4 is 34.9 Å². The number of fused-ring (bicyclic) bond motifs is 1. The highest BCUT2D eigenvalue weighted by Crippen LogP contribution is 2.37. The number of nitrogens with zero attached hydrogens (tertiary/aromatic N) is 4. The van der Waals surface area contributed by atoms with Gasteiger partial charge in [-0.3, -0.25) is 4.79 Å². The number of amides is 2. The Morgan fingerprint density at radius 1 is 1.10 bits per heavy atom. The van der Waals surface area contributed by atoms with Gasteiger partial charge in [-0.05, 0) is 82.3 Å². The Bertz CT molecular complexity index is 1110. The van der Waals surface area contributed by atoms with Crippen LogP contribution in [0.2, 0.25) is 0 Å². The Hall–Kier alpha value is -3.49. The largest absolute Gasteiger partial charge is 0.444 e. The lowest BCUT2D eigenvalue weighted by Gasteiger charge is -2.41. The van der Waals surface area contributed by atoms with Crippen LogP contribution in [0.5, 0.6) is 0 Å². The van der Waals surface area contributed by atoms with E-state index in [1.165, 1.54) is 11.3 Å². The lowest BCUT2D eigenvalue weighted by atomic mass is 9.85. The molecule has 0 aliphatic carbocycles. The summed E-state index contributed by atoms with van der Waals surface area (Å²) < 4.78 is 5.49. The fourth-order valence-corrected chi connectivity index (χ4v) is 5.26. The van der Waals surface area contributed by atoms with E-state index in [0.29, 0.717) is 24.8 Å². The molecule has 1 unspecified atom stereocenters. The van der Waals surface area contributed by atoms with Crippen molar-refractivity contribution in [2.24, 2.45) is 5.92 Å². The molecule has 1 aromatic heterocycles. The van der Waals surface area contributed by atoms with Crippen LogP contribution >= 0.6 is 0 Å². The number of nitrogens with two attached hydrogens (primary N) is 1. The van der Waals surface area contributed by atoms with Gasteiger partial charge in [0.2, 0.25) is 5.91 Å². The molecule has 1 saturated heterocycles. The second-order valence-electron chi connectivity index (χ2n) is 11.3. The zero-order valence-corrected chi connectivity index (χ0v) is 24.7. The Balaban J connectivity index is 0.000000353. The van der Waals surface area contributed by atoms with Crippen molar-refractivity contribution in [1.29, 1.82) is 0 Å². The number of nitrogen functional groups attached to an aromatic ring is 1. The number of benzene rings is 1. The lowest BCUT2D eigenvalue weighted by Crippen LogP contribution is -2.50. The summed E-state index contributed by atoms with van der Waals surface area (Å²) in [4.78, 5) is 34.6. The summed E-state index contributed by atoms with van der Waals surface area (Å²) in [5.74, 6) is 1.11. The topological polar surface area (TPSA) is 104 Å². The molecule has 9 nitrogen and oxygen atoms in total. The summed E-state index contributed by atoms with van der Waals surface area (Å²) in [6.45, 7) is 17.5. The minimum Gasteiger partial charge on any atom is -0.444 e. The minimum absolute atomic E-state index is 0.114. The van der Waals surface area contributed by atoms with Crippen molar-refractivity contribution in [3.8, 4) is 0 Å². The van der Waals surface area contributed by atoms with Crippen LogP contribution in [0.25, 0.3) is 0 Å². The zero-order chi connectivity index (χ0) is 28.7. The van der Waals surface area contributed by atoms with Gasteiger partial charge in [0.25, 0.3) is 0 Å². The highest BCUT2D eigenvalue weighted by molar-refractivity contribution is 5.94. The van der Waals surface area contributed by atoms with Gasteiger partial charge < -0.3 is 30.5 Å². The van der Waals surface area contributed by atoms with Gasteiger partial charge in [0.15, 0.2) is 0 Å². The Labute approximate surface area is 233 Å². The smallest absolute Gasteiger partial charge is 0.410 e. The van der Waals surface area contributed by atoms with Crippen molar-refractivity contribution in [3.63, 3.8) is 0 Å². The van der Waals surface area contributed by atoms with E-state index in [1.54, 1.807) is 24.1 Å². The highest BCUT2D eigenvalue weighted by Gasteiger charge is 2.33. The maximum atomic E-state index is 12.3. The number of nitrogens with one attached hydrogen (secondary N) is 1. The second kappa shape index (κ2) is 13.0. The summed E-state index contributed by atoms with van der Waals surface area (Å²) in [5.41, 5.74) is 9.38.